The fourth-order valence-electron chi connectivity index (χ4n) is 8.34. The highest BCUT2D eigenvalue weighted by atomic mass is 16.6. The zero-order valence-corrected chi connectivity index (χ0v) is 41.8. The third kappa shape index (κ3) is 49.3. The molecule has 1 atom stereocenters. The Morgan fingerprint density at radius 2 is 0.541 bits per heavy atom. The van der Waals surface area contributed by atoms with E-state index in [0.29, 0.717) is 19.3 Å². The van der Waals surface area contributed by atoms with Gasteiger partial charge in [-0.3, -0.25) is 14.4 Å². The van der Waals surface area contributed by atoms with E-state index in [2.05, 4.69) is 34.6 Å². The summed E-state index contributed by atoms with van der Waals surface area (Å²) < 4.78 is 16.8. The van der Waals surface area contributed by atoms with E-state index >= 15 is 0 Å². The number of esters is 3. The van der Waals surface area contributed by atoms with Crippen LogP contribution in [-0.2, 0) is 28.6 Å². The molecule has 0 amide bonds. The van der Waals surface area contributed by atoms with Crippen LogP contribution in [0.4, 0.5) is 0 Å². The number of unbranched alkanes of at least 4 members (excludes halogenated alkanes) is 34. The summed E-state index contributed by atoms with van der Waals surface area (Å²) in [5, 5.41) is 0. The van der Waals surface area contributed by atoms with E-state index in [1.54, 1.807) is 0 Å². The molecule has 0 bridgehead atoms. The van der Waals surface area contributed by atoms with E-state index in [1.807, 2.05) is 0 Å². The maximum absolute atomic E-state index is 12.8. The third-order valence-corrected chi connectivity index (χ3v) is 12.5. The molecule has 0 radical (unpaired) electrons. The Hall–Kier alpha value is -1.59. The molecule has 0 N–H and O–H groups in total. The summed E-state index contributed by atoms with van der Waals surface area (Å²) in [5.41, 5.74) is 0. The van der Waals surface area contributed by atoms with Crippen LogP contribution in [-0.4, -0.2) is 37.2 Å². The highest BCUT2D eigenvalue weighted by molar-refractivity contribution is 5.71. The molecule has 0 saturated heterocycles. The topological polar surface area (TPSA) is 78.9 Å². The quantitative estimate of drug-likeness (QED) is 0.0344. The minimum absolute atomic E-state index is 0.0632. The van der Waals surface area contributed by atoms with Crippen molar-refractivity contribution in [2.45, 2.75) is 310 Å². The normalized spacial score (nSPS) is 12.0. The average molecular weight is 863 g/mol. The Morgan fingerprint density at radius 1 is 0.311 bits per heavy atom. The number of ether oxygens (including phenoxy) is 3. The summed E-state index contributed by atoms with van der Waals surface area (Å²) in [4.78, 5) is 38.0. The van der Waals surface area contributed by atoms with Crippen molar-refractivity contribution in [3.63, 3.8) is 0 Å². The van der Waals surface area contributed by atoms with E-state index < -0.39 is 6.10 Å². The second-order valence-electron chi connectivity index (χ2n) is 19.8. The fourth-order valence-corrected chi connectivity index (χ4v) is 8.34. The number of hydrogen-bond acceptors (Lipinski definition) is 6. The van der Waals surface area contributed by atoms with Crippen LogP contribution in [0.15, 0.2) is 0 Å². The van der Waals surface area contributed by atoms with Crippen LogP contribution in [0.5, 0.6) is 0 Å². The first kappa shape index (κ1) is 59.4. The van der Waals surface area contributed by atoms with Crippen molar-refractivity contribution >= 4 is 17.9 Å². The molecule has 0 saturated carbocycles. The van der Waals surface area contributed by atoms with Gasteiger partial charge in [0, 0.05) is 19.3 Å². The average Bonchev–Trinajstić information content (AvgIpc) is 3.23. The SMILES string of the molecule is CCCCCCCCCCCCCCC(=O)OC[C@H](COC(=O)CCCCCCCCCCCCC(C)C)OC(=O)CCCCCCCCCCCCCCCCCC(C)C. The zero-order valence-electron chi connectivity index (χ0n) is 41.8. The predicted octanol–water partition coefficient (Wildman–Crippen LogP) is 17.7. The van der Waals surface area contributed by atoms with Crippen LogP contribution in [0.1, 0.15) is 304 Å². The number of rotatable bonds is 49. The van der Waals surface area contributed by atoms with Gasteiger partial charge in [-0.2, -0.15) is 0 Å². The van der Waals surface area contributed by atoms with E-state index in [9.17, 15) is 14.4 Å². The lowest BCUT2D eigenvalue weighted by Gasteiger charge is -2.18. The molecular formula is C55H106O6. The van der Waals surface area contributed by atoms with Crippen LogP contribution in [0, 0.1) is 11.8 Å². The van der Waals surface area contributed by atoms with E-state index in [-0.39, 0.29) is 31.1 Å². The molecule has 0 spiro atoms. The van der Waals surface area contributed by atoms with Gasteiger partial charge in [-0.25, -0.2) is 0 Å². The summed E-state index contributed by atoms with van der Waals surface area (Å²) in [6, 6.07) is 0. The largest absolute Gasteiger partial charge is 0.462 e. The minimum atomic E-state index is -0.762. The molecule has 0 aromatic heterocycles. The molecule has 0 aliphatic heterocycles. The molecule has 0 aromatic carbocycles. The molecule has 0 rings (SSSR count). The van der Waals surface area contributed by atoms with Crippen LogP contribution in [0.2, 0.25) is 0 Å². The number of hydrogen-bond donors (Lipinski definition) is 0. The zero-order chi connectivity index (χ0) is 44.7. The first-order valence-corrected chi connectivity index (χ1v) is 27.2. The molecule has 0 unspecified atom stereocenters. The van der Waals surface area contributed by atoms with E-state index in [0.717, 1.165) is 69.6 Å². The van der Waals surface area contributed by atoms with Gasteiger partial charge < -0.3 is 14.2 Å². The second kappa shape index (κ2) is 47.9. The maximum atomic E-state index is 12.8. The van der Waals surface area contributed by atoms with Crippen molar-refractivity contribution in [2.24, 2.45) is 11.8 Å². The Balaban J connectivity index is 4.29. The standard InChI is InChI=1S/C55H106O6/c1-6-7-8-9-10-11-12-19-25-30-35-40-45-53(56)59-48-52(49-60-54(57)46-41-36-31-26-22-21-24-29-34-39-44-51(4)5)61-55(58)47-42-37-32-27-20-17-15-13-14-16-18-23-28-33-38-43-50(2)3/h50-52H,6-49H2,1-5H3/t52-/m1/s1. The second-order valence-corrected chi connectivity index (χ2v) is 19.8. The number of carbonyl (C=O) groups excluding carboxylic acids is 3. The van der Waals surface area contributed by atoms with Gasteiger partial charge in [-0.05, 0) is 31.1 Å². The Bertz CT molecular complexity index is 931. The summed E-state index contributed by atoms with van der Waals surface area (Å²) in [6.45, 7) is 11.4. The summed E-state index contributed by atoms with van der Waals surface area (Å²) in [7, 11) is 0. The van der Waals surface area contributed by atoms with Gasteiger partial charge in [0.1, 0.15) is 13.2 Å². The van der Waals surface area contributed by atoms with Crippen LogP contribution in [0.25, 0.3) is 0 Å². The first-order chi connectivity index (χ1) is 29.7. The fraction of sp³-hybridized carbons (Fsp3) is 0.945. The van der Waals surface area contributed by atoms with Gasteiger partial charge in [-0.1, -0.05) is 266 Å². The summed E-state index contributed by atoms with van der Waals surface area (Å²) in [5.74, 6) is 0.822. The molecule has 0 heterocycles. The lowest BCUT2D eigenvalue weighted by atomic mass is 10.0. The Kier molecular flexibility index (Phi) is 46.6. The first-order valence-electron chi connectivity index (χ1n) is 27.2. The van der Waals surface area contributed by atoms with Crippen molar-refractivity contribution in [3.8, 4) is 0 Å². The van der Waals surface area contributed by atoms with Gasteiger partial charge in [-0.15, -0.1) is 0 Å². The molecule has 61 heavy (non-hydrogen) atoms. The molecule has 0 aromatic rings. The molecule has 0 aliphatic carbocycles. The third-order valence-electron chi connectivity index (χ3n) is 12.5. The van der Waals surface area contributed by atoms with E-state index in [1.165, 1.54) is 193 Å². The van der Waals surface area contributed by atoms with Crippen LogP contribution in [0.3, 0.4) is 0 Å². The Labute approximate surface area is 380 Å². The highest BCUT2D eigenvalue weighted by Gasteiger charge is 2.19. The van der Waals surface area contributed by atoms with Crippen molar-refractivity contribution in [3.05, 3.63) is 0 Å². The lowest BCUT2D eigenvalue weighted by molar-refractivity contribution is -0.167. The van der Waals surface area contributed by atoms with E-state index in [4.69, 9.17) is 14.2 Å². The molecule has 6 nitrogen and oxygen atoms in total. The van der Waals surface area contributed by atoms with Crippen LogP contribution >= 0.6 is 0 Å². The van der Waals surface area contributed by atoms with Crippen molar-refractivity contribution in [1.29, 1.82) is 0 Å². The smallest absolute Gasteiger partial charge is 0.306 e. The van der Waals surface area contributed by atoms with Gasteiger partial charge in [0.25, 0.3) is 0 Å². The monoisotopic (exact) mass is 863 g/mol. The minimum Gasteiger partial charge on any atom is -0.462 e. The van der Waals surface area contributed by atoms with Gasteiger partial charge in [0.15, 0.2) is 6.10 Å². The summed E-state index contributed by atoms with van der Waals surface area (Å²) >= 11 is 0. The van der Waals surface area contributed by atoms with Crippen molar-refractivity contribution in [1.82, 2.24) is 0 Å². The number of carbonyl (C=O) groups is 3. The van der Waals surface area contributed by atoms with Gasteiger partial charge >= 0.3 is 17.9 Å². The molecular weight excluding hydrogens is 757 g/mol. The predicted molar refractivity (Wildman–Crippen MR) is 261 cm³/mol. The molecule has 0 fully saturated rings. The lowest BCUT2D eigenvalue weighted by Crippen LogP contribution is -2.30. The molecule has 6 heteroatoms. The summed E-state index contributed by atoms with van der Waals surface area (Å²) in [6.07, 6.45) is 49.5. The van der Waals surface area contributed by atoms with Gasteiger partial charge in [0.2, 0.25) is 0 Å². The highest BCUT2D eigenvalue weighted by Crippen LogP contribution is 2.18. The maximum Gasteiger partial charge on any atom is 0.306 e. The van der Waals surface area contributed by atoms with Crippen molar-refractivity contribution in [2.75, 3.05) is 13.2 Å². The van der Waals surface area contributed by atoms with Crippen LogP contribution < -0.4 is 0 Å². The molecule has 0 aliphatic rings. The Morgan fingerprint density at radius 3 is 0.803 bits per heavy atom. The van der Waals surface area contributed by atoms with Crippen molar-refractivity contribution < 1.29 is 28.6 Å². The molecule has 362 valence electrons. The van der Waals surface area contributed by atoms with Gasteiger partial charge in [0.05, 0.1) is 0 Å².